The van der Waals surface area contributed by atoms with Crippen molar-refractivity contribution in [1.29, 1.82) is 0 Å². The number of para-hydroxylation sites is 2. The molecular weight excluding hydrogens is 626 g/mol. The van der Waals surface area contributed by atoms with E-state index in [0.717, 1.165) is 20.5 Å². The zero-order valence-corrected chi connectivity index (χ0v) is 24.0. The number of hydrogen-bond donors (Lipinski definition) is 0. The maximum atomic E-state index is 14.1. The predicted molar refractivity (Wildman–Crippen MR) is 164 cm³/mol. The number of thioether (sulfide) groups is 1. The van der Waals surface area contributed by atoms with Crippen molar-refractivity contribution >= 4 is 62.9 Å². The maximum Gasteiger partial charge on any atom is 0.271 e. The van der Waals surface area contributed by atoms with E-state index in [1.54, 1.807) is 23.1 Å². The first-order valence-corrected chi connectivity index (χ1v) is 14.2. The Morgan fingerprint density at radius 1 is 0.949 bits per heavy atom. The average molecular weight is 651 g/mol. The van der Waals surface area contributed by atoms with Gasteiger partial charge in [-0.25, -0.2) is 9.38 Å². The number of benzene rings is 4. The SMILES string of the molecule is CCOc1cc(/C=C2/SC(=Nc3ccccc3)N(c3ccccc3)C2=O)cc(I)c1OCc1ccccc1F. The number of carbonyl (C=O) groups is 1. The fourth-order valence-corrected chi connectivity index (χ4v) is 5.74. The normalized spacial score (nSPS) is 15.3. The van der Waals surface area contributed by atoms with E-state index in [2.05, 4.69) is 22.6 Å². The van der Waals surface area contributed by atoms with Crippen LogP contribution in [0.15, 0.2) is 107 Å². The number of ether oxygens (including phenoxy) is 2. The number of halogens is 2. The van der Waals surface area contributed by atoms with E-state index in [0.29, 0.717) is 33.7 Å². The minimum Gasteiger partial charge on any atom is -0.490 e. The Hall–Kier alpha value is -3.63. The number of nitrogens with zero attached hydrogens (tertiary/aromatic N) is 2. The van der Waals surface area contributed by atoms with E-state index in [9.17, 15) is 9.18 Å². The molecule has 1 heterocycles. The number of aliphatic imine (C=N–C) groups is 1. The van der Waals surface area contributed by atoms with Gasteiger partial charge in [0.25, 0.3) is 5.91 Å². The van der Waals surface area contributed by atoms with Crippen LogP contribution < -0.4 is 14.4 Å². The van der Waals surface area contributed by atoms with Crippen molar-refractivity contribution in [3.05, 3.63) is 122 Å². The molecule has 196 valence electrons. The Bertz CT molecular complexity index is 1540. The van der Waals surface area contributed by atoms with Crippen molar-refractivity contribution in [2.24, 2.45) is 4.99 Å². The topological polar surface area (TPSA) is 51.1 Å². The highest BCUT2D eigenvalue weighted by molar-refractivity contribution is 14.1. The molecule has 8 heteroatoms. The predicted octanol–water partition coefficient (Wildman–Crippen LogP) is 8.22. The first-order chi connectivity index (χ1) is 19.0. The molecule has 4 aromatic carbocycles. The summed E-state index contributed by atoms with van der Waals surface area (Å²) in [7, 11) is 0. The van der Waals surface area contributed by atoms with Crippen LogP contribution in [0.4, 0.5) is 15.8 Å². The van der Waals surface area contributed by atoms with Crippen molar-refractivity contribution in [2.75, 3.05) is 11.5 Å². The average Bonchev–Trinajstić information content (AvgIpc) is 3.24. The van der Waals surface area contributed by atoms with Crippen LogP contribution in [0.1, 0.15) is 18.1 Å². The quantitative estimate of drug-likeness (QED) is 0.143. The van der Waals surface area contributed by atoms with Crippen LogP contribution in [-0.4, -0.2) is 17.7 Å². The molecule has 0 spiro atoms. The molecule has 4 aromatic rings. The van der Waals surface area contributed by atoms with Crippen LogP contribution in [0.5, 0.6) is 11.5 Å². The Balaban J connectivity index is 1.48. The van der Waals surface area contributed by atoms with Crippen molar-refractivity contribution in [3.63, 3.8) is 0 Å². The molecule has 0 atom stereocenters. The van der Waals surface area contributed by atoms with Crippen molar-refractivity contribution in [2.45, 2.75) is 13.5 Å². The number of amidine groups is 1. The molecule has 0 unspecified atom stereocenters. The van der Waals surface area contributed by atoms with Gasteiger partial charge in [0, 0.05) is 5.56 Å². The second-order valence-corrected chi connectivity index (χ2v) is 10.6. The molecule has 0 N–H and O–H groups in total. The molecule has 1 amide bonds. The van der Waals surface area contributed by atoms with E-state index in [1.807, 2.05) is 85.8 Å². The van der Waals surface area contributed by atoms with Crippen molar-refractivity contribution in [1.82, 2.24) is 0 Å². The highest BCUT2D eigenvalue weighted by Crippen LogP contribution is 2.40. The molecule has 1 fully saturated rings. The summed E-state index contributed by atoms with van der Waals surface area (Å²) < 4.78 is 26.8. The molecule has 1 aliphatic heterocycles. The number of amides is 1. The molecule has 0 aromatic heterocycles. The van der Waals surface area contributed by atoms with Gasteiger partial charge in [0.2, 0.25) is 0 Å². The zero-order chi connectivity index (χ0) is 27.2. The molecule has 1 saturated heterocycles. The molecule has 5 nitrogen and oxygen atoms in total. The van der Waals surface area contributed by atoms with Crippen LogP contribution in [0.2, 0.25) is 0 Å². The third-order valence-corrected chi connectivity index (χ3v) is 7.53. The largest absolute Gasteiger partial charge is 0.490 e. The van der Waals surface area contributed by atoms with Gasteiger partial charge in [-0.05, 0) is 95.4 Å². The third kappa shape index (κ3) is 6.34. The van der Waals surface area contributed by atoms with Gasteiger partial charge in [-0.1, -0.05) is 54.6 Å². The Morgan fingerprint density at radius 2 is 1.64 bits per heavy atom. The number of anilines is 1. The van der Waals surface area contributed by atoms with Crippen LogP contribution >= 0.6 is 34.4 Å². The summed E-state index contributed by atoms with van der Waals surface area (Å²) in [5.74, 6) is 0.583. The van der Waals surface area contributed by atoms with Gasteiger partial charge in [-0.3, -0.25) is 9.69 Å². The molecular formula is C31H24FIN2O3S. The summed E-state index contributed by atoms with van der Waals surface area (Å²) in [6.45, 7) is 2.39. The molecule has 39 heavy (non-hydrogen) atoms. The zero-order valence-electron chi connectivity index (χ0n) is 21.0. The summed E-state index contributed by atoms with van der Waals surface area (Å²) in [4.78, 5) is 20.6. The second kappa shape index (κ2) is 12.5. The molecule has 0 saturated carbocycles. The lowest BCUT2D eigenvalue weighted by atomic mass is 10.1. The minimum absolute atomic E-state index is 0.0723. The lowest BCUT2D eigenvalue weighted by Gasteiger charge is -2.16. The Kier molecular flexibility index (Phi) is 8.63. The van der Waals surface area contributed by atoms with Crippen LogP contribution in [0, 0.1) is 9.39 Å². The highest BCUT2D eigenvalue weighted by atomic mass is 127. The summed E-state index contributed by atoms with van der Waals surface area (Å²) in [6.07, 6.45) is 1.84. The van der Waals surface area contributed by atoms with Gasteiger partial charge >= 0.3 is 0 Å². The van der Waals surface area contributed by atoms with E-state index in [-0.39, 0.29) is 18.3 Å². The van der Waals surface area contributed by atoms with Crippen LogP contribution in [-0.2, 0) is 11.4 Å². The second-order valence-electron chi connectivity index (χ2n) is 8.46. The van der Waals surface area contributed by atoms with E-state index < -0.39 is 0 Å². The van der Waals surface area contributed by atoms with E-state index >= 15 is 0 Å². The van der Waals surface area contributed by atoms with Gasteiger partial charge in [-0.2, -0.15) is 0 Å². The fraction of sp³-hybridized carbons (Fsp3) is 0.0968. The molecule has 0 bridgehead atoms. The van der Waals surface area contributed by atoms with Crippen molar-refractivity contribution < 1.29 is 18.7 Å². The van der Waals surface area contributed by atoms with Crippen LogP contribution in [0.25, 0.3) is 6.08 Å². The van der Waals surface area contributed by atoms with Gasteiger partial charge in [0.1, 0.15) is 12.4 Å². The van der Waals surface area contributed by atoms with Crippen molar-refractivity contribution in [3.8, 4) is 11.5 Å². The number of carbonyl (C=O) groups excluding carboxylic acids is 1. The Labute approximate surface area is 244 Å². The molecule has 0 radical (unpaired) electrons. The van der Waals surface area contributed by atoms with Gasteiger partial charge in [-0.15, -0.1) is 0 Å². The lowest BCUT2D eigenvalue weighted by molar-refractivity contribution is -0.113. The van der Waals surface area contributed by atoms with E-state index in [4.69, 9.17) is 14.5 Å². The fourth-order valence-electron chi connectivity index (χ4n) is 3.96. The smallest absolute Gasteiger partial charge is 0.271 e. The Morgan fingerprint density at radius 3 is 2.36 bits per heavy atom. The summed E-state index contributed by atoms with van der Waals surface area (Å²) in [6, 6.07) is 29.3. The van der Waals surface area contributed by atoms with E-state index in [1.165, 1.54) is 17.8 Å². The lowest BCUT2D eigenvalue weighted by Crippen LogP contribution is -2.28. The monoisotopic (exact) mass is 650 g/mol. The maximum absolute atomic E-state index is 14.1. The summed E-state index contributed by atoms with van der Waals surface area (Å²) in [5, 5.41) is 0.577. The first kappa shape index (κ1) is 27.0. The van der Waals surface area contributed by atoms with Gasteiger partial charge in [0.15, 0.2) is 16.7 Å². The number of hydrogen-bond acceptors (Lipinski definition) is 5. The third-order valence-electron chi connectivity index (χ3n) is 5.76. The summed E-state index contributed by atoms with van der Waals surface area (Å²) in [5.41, 5.74) is 2.75. The molecule has 0 aliphatic carbocycles. The number of rotatable bonds is 8. The summed E-state index contributed by atoms with van der Waals surface area (Å²) >= 11 is 3.49. The van der Waals surface area contributed by atoms with Gasteiger partial charge in [0.05, 0.1) is 26.5 Å². The first-order valence-electron chi connectivity index (χ1n) is 12.3. The van der Waals surface area contributed by atoms with Gasteiger partial charge < -0.3 is 9.47 Å². The highest BCUT2D eigenvalue weighted by Gasteiger charge is 2.34. The van der Waals surface area contributed by atoms with Crippen LogP contribution in [0.3, 0.4) is 0 Å². The standard InChI is InChI=1S/C31H24FIN2O3S/c1-2-37-27-18-21(17-26(33)29(27)38-20-22-11-9-10-16-25(22)32)19-28-30(36)35(24-14-7-4-8-15-24)31(39-28)34-23-12-5-3-6-13-23/h3-19H,2,20H2,1H3/b28-19+,34-31?. The molecule has 5 rings (SSSR count). The molecule has 1 aliphatic rings. The minimum atomic E-state index is -0.320.